The van der Waals surface area contributed by atoms with E-state index in [1.165, 1.54) is 0 Å². The van der Waals surface area contributed by atoms with E-state index in [0.717, 1.165) is 16.7 Å². The predicted molar refractivity (Wildman–Crippen MR) is 78.8 cm³/mol. The zero-order chi connectivity index (χ0) is 15.0. The fourth-order valence-electron chi connectivity index (χ4n) is 2.23. The van der Waals surface area contributed by atoms with Gasteiger partial charge in [-0.2, -0.15) is 4.98 Å². The predicted octanol–water partition coefficient (Wildman–Crippen LogP) is 3.43. The van der Waals surface area contributed by atoms with Crippen LogP contribution in [0.15, 0.2) is 35.0 Å². The molecule has 0 atom stereocenters. The first kappa shape index (κ1) is 13.3. The van der Waals surface area contributed by atoms with Gasteiger partial charge in [0, 0.05) is 17.3 Å². The number of aromatic hydroxyl groups is 1. The lowest BCUT2D eigenvalue weighted by atomic mass is 10.1. The highest BCUT2D eigenvalue weighted by molar-refractivity contribution is 5.64. The molecule has 1 N–H and O–H groups in total. The van der Waals surface area contributed by atoms with Gasteiger partial charge in [0.2, 0.25) is 5.82 Å². The Hall–Kier alpha value is -2.69. The van der Waals surface area contributed by atoms with Crippen LogP contribution in [-0.2, 0) is 0 Å². The number of benzene rings is 1. The molecule has 21 heavy (non-hydrogen) atoms. The van der Waals surface area contributed by atoms with E-state index in [1.807, 2.05) is 32.9 Å². The van der Waals surface area contributed by atoms with Crippen molar-refractivity contribution in [1.82, 2.24) is 15.1 Å². The molecular formula is C16H15N3O2. The highest BCUT2D eigenvalue weighted by Gasteiger charge is 2.16. The number of aromatic nitrogens is 3. The molecular weight excluding hydrogens is 266 g/mol. The Kier molecular flexibility index (Phi) is 3.17. The van der Waals surface area contributed by atoms with Crippen LogP contribution in [0.4, 0.5) is 0 Å². The SMILES string of the molecule is Cc1cnc(-c2noc(-c3cccc(O)c3C)n2)c(C)c1. The van der Waals surface area contributed by atoms with Crippen LogP contribution in [0.1, 0.15) is 16.7 Å². The number of hydrogen-bond acceptors (Lipinski definition) is 5. The van der Waals surface area contributed by atoms with Crippen molar-refractivity contribution in [1.29, 1.82) is 0 Å². The van der Waals surface area contributed by atoms with Crippen molar-refractivity contribution in [2.24, 2.45) is 0 Å². The van der Waals surface area contributed by atoms with Crippen molar-refractivity contribution in [2.45, 2.75) is 20.8 Å². The van der Waals surface area contributed by atoms with E-state index in [0.29, 0.717) is 23.0 Å². The number of pyridine rings is 1. The third-order valence-corrected chi connectivity index (χ3v) is 3.39. The van der Waals surface area contributed by atoms with E-state index in [9.17, 15) is 5.11 Å². The van der Waals surface area contributed by atoms with E-state index in [-0.39, 0.29) is 5.75 Å². The molecule has 0 aliphatic carbocycles. The average molecular weight is 281 g/mol. The molecule has 0 bridgehead atoms. The minimum absolute atomic E-state index is 0.205. The lowest BCUT2D eigenvalue weighted by Gasteiger charge is -2.02. The minimum Gasteiger partial charge on any atom is -0.508 e. The lowest BCUT2D eigenvalue weighted by molar-refractivity contribution is 0.430. The number of hydrogen-bond donors (Lipinski definition) is 1. The molecule has 3 rings (SSSR count). The number of phenols is 1. The molecule has 0 fully saturated rings. The summed E-state index contributed by atoms with van der Waals surface area (Å²) in [5, 5.41) is 13.8. The van der Waals surface area contributed by atoms with Gasteiger partial charge in [-0.05, 0) is 44.0 Å². The first-order valence-corrected chi connectivity index (χ1v) is 6.62. The Morgan fingerprint density at radius 3 is 2.71 bits per heavy atom. The van der Waals surface area contributed by atoms with E-state index in [4.69, 9.17) is 4.52 Å². The molecule has 3 aromatic rings. The van der Waals surface area contributed by atoms with Crippen molar-refractivity contribution < 1.29 is 9.63 Å². The first-order chi connectivity index (χ1) is 10.1. The van der Waals surface area contributed by atoms with Gasteiger partial charge in [0.05, 0.1) is 0 Å². The molecule has 2 aromatic heterocycles. The lowest BCUT2D eigenvalue weighted by Crippen LogP contribution is -1.91. The summed E-state index contributed by atoms with van der Waals surface area (Å²) in [7, 11) is 0. The summed E-state index contributed by atoms with van der Waals surface area (Å²) in [6.07, 6.45) is 1.78. The monoisotopic (exact) mass is 281 g/mol. The summed E-state index contributed by atoms with van der Waals surface area (Å²) in [4.78, 5) is 8.75. The topological polar surface area (TPSA) is 72.0 Å². The van der Waals surface area contributed by atoms with Gasteiger partial charge in [0.25, 0.3) is 5.89 Å². The molecule has 0 radical (unpaired) electrons. The standard InChI is InChI=1S/C16H15N3O2/c1-9-7-10(2)14(17-8-9)15-18-16(21-19-15)12-5-4-6-13(20)11(12)3/h4-8,20H,1-3H3. The Labute approximate surface area is 122 Å². The molecule has 0 amide bonds. The molecule has 5 heteroatoms. The molecule has 1 aromatic carbocycles. The normalized spacial score (nSPS) is 10.8. The molecule has 0 aliphatic rings. The van der Waals surface area contributed by atoms with Gasteiger partial charge < -0.3 is 9.63 Å². The number of rotatable bonds is 2. The fourth-order valence-corrected chi connectivity index (χ4v) is 2.23. The second-order valence-corrected chi connectivity index (χ2v) is 5.05. The van der Waals surface area contributed by atoms with Crippen molar-refractivity contribution in [3.63, 3.8) is 0 Å². The molecule has 5 nitrogen and oxygen atoms in total. The maximum Gasteiger partial charge on any atom is 0.258 e. The number of aryl methyl sites for hydroxylation is 2. The van der Waals surface area contributed by atoms with Gasteiger partial charge in [-0.15, -0.1) is 0 Å². The average Bonchev–Trinajstić information content (AvgIpc) is 2.91. The van der Waals surface area contributed by atoms with Crippen molar-refractivity contribution in [3.8, 4) is 28.7 Å². The summed E-state index contributed by atoms with van der Waals surface area (Å²) >= 11 is 0. The molecule has 0 saturated carbocycles. The molecule has 0 unspecified atom stereocenters. The zero-order valence-corrected chi connectivity index (χ0v) is 12.1. The quantitative estimate of drug-likeness (QED) is 0.779. The van der Waals surface area contributed by atoms with Crippen molar-refractivity contribution in [2.75, 3.05) is 0 Å². The van der Waals surface area contributed by atoms with Gasteiger partial charge in [0.15, 0.2) is 0 Å². The summed E-state index contributed by atoms with van der Waals surface area (Å²) in [5.74, 6) is 1.03. The van der Waals surface area contributed by atoms with E-state index >= 15 is 0 Å². The summed E-state index contributed by atoms with van der Waals surface area (Å²) in [6.45, 7) is 5.76. The third kappa shape index (κ3) is 2.38. The second-order valence-electron chi connectivity index (χ2n) is 5.05. The Balaban J connectivity index is 2.06. The molecule has 0 saturated heterocycles. The summed E-state index contributed by atoms with van der Waals surface area (Å²) in [6, 6.07) is 7.23. The molecule has 2 heterocycles. The third-order valence-electron chi connectivity index (χ3n) is 3.39. The van der Waals surface area contributed by atoms with E-state index in [2.05, 4.69) is 15.1 Å². The van der Waals surface area contributed by atoms with Crippen LogP contribution in [0, 0.1) is 20.8 Å². The number of phenolic OH excluding ortho intramolecular Hbond substituents is 1. The van der Waals surface area contributed by atoms with E-state index < -0.39 is 0 Å². The fraction of sp³-hybridized carbons (Fsp3) is 0.188. The van der Waals surface area contributed by atoms with Crippen LogP contribution in [0.3, 0.4) is 0 Å². The van der Waals surface area contributed by atoms with Gasteiger partial charge in [-0.3, -0.25) is 4.98 Å². The molecule has 106 valence electrons. The minimum atomic E-state index is 0.205. The Bertz CT molecular complexity index is 809. The highest BCUT2D eigenvalue weighted by atomic mass is 16.5. The van der Waals surface area contributed by atoms with Crippen molar-refractivity contribution in [3.05, 3.63) is 47.2 Å². The second kappa shape index (κ2) is 5.01. The van der Waals surface area contributed by atoms with Crippen LogP contribution in [0.5, 0.6) is 5.75 Å². The first-order valence-electron chi connectivity index (χ1n) is 6.62. The maximum atomic E-state index is 9.76. The number of nitrogens with zero attached hydrogens (tertiary/aromatic N) is 3. The van der Waals surface area contributed by atoms with Gasteiger partial charge in [0.1, 0.15) is 11.4 Å². The maximum absolute atomic E-state index is 9.76. The van der Waals surface area contributed by atoms with Crippen LogP contribution >= 0.6 is 0 Å². The Morgan fingerprint density at radius 2 is 1.95 bits per heavy atom. The van der Waals surface area contributed by atoms with Gasteiger partial charge in [-0.1, -0.05) is 17.3 Å². The molecule has 0 aliphatic heterocycles. The summed E-state index contributed by atoms with van der Waals surface area (Å²) < 4.78 is 5.31. The van der Waals surface area contributed by atoms with Crippen LogP contribution in [0.25, 0.3) is 23.0 Å². The summed E-state index contributed by atoms with van der Waals surface area (Å²) in [5.41, 5.74) is 4.21. The van der Waals surface area contributed by atoms with Crippen molar-refractivity contribution >= 4 is 0 Å². The van der Waals surface area contributed by atoms with Gasteiger partial charge >= 0.3 is 0 Å². The highest BCUT2D eigenvalue weighted by Crippen LogP contribution is 2.29. The van der Waals surface area contributed by atoms with Gasteiger partial charge in [-0.25, -0.2) is 0 Å². The largest absolute Gasteiger partial charge is 0.508 e. The molecule has 0 spiro atoms. The van der Waals surface area contributed by atoms with E-state index in [1.54, 1.807) is 18.3 Å². The smallest absolute Gasteiger partial charge is 0.258 e. The van der Waals surface area contributed by atoms with Crippen LogP contribution in [-0.4, -0.2) is 20.2 Å². The van der Waals surface area contributed by atoms with Crippen LogP contribution < -0.4 is 0 Å². The Morgan fingerprint density at radius 1 is 1.14 bits per heavy atom. The van der Waals surface area contributed by atoms with Crippen LogP contribution in [0.2, 0.25) is 0 Å². The zero-order valence-electron chi connectivity index (χ0n) is 12.1.